The molecule has 0 aromatic carbocycles. The highest BCUT2D eigenvalue weighted by atomic mass is 16.5. The molecule has 2 atom stereocenters. The van der Waals surface area contributed by atoms with E-state index in [1.54, 1.807) is 7.11 Å². The van der Waals surface area contributed by atoms with Gasteiger partial charge in [-0.25, -0.2) is 9.97 Å². The Morgan fingerprint density at radius 2 is 1.90 bits per heavy atom. The Morgan fingerprint density at radius 3 is 2.48 bits per heavy atom. The van der Waals surface area contributed by atoms with Gasteiger partial charge in [-0.15, -0.1) is 0 Å². The van der Waals surface area contributed by atoms with Gasteiger partial charge >= 0.3 is 0 Å². The second-order valence-corrected chi connectivity index (χ2v) is 6.50. The molecular weight excluding hydrogens is 264 g/mol. The Morgan fingerprint density at radius 1 is 1.24 bits per heavy atom. The maximum absolute atomic E-state index is 5.52. The van der Waals surface area contributed by atoms with Gasteiger partial charge in [-0.2, -0.15) is 0 Å². The van der Waals surface area contributed by atoms with E-state index in [-0.39, 0.29) is 5.41 Å². The molecule has 1 aliphatic carbocycles. The van der Waals surface area contributed by atoms with Crippen molar-refractivity contribution in [2.24, 2.45) is 5.41 Å². The van der Waals surface area contributed by atoms with Crippen molar-refractivity contribution in [3.63, 3.8) is 0 Å². The van der Waals surface area contributed by atoms with E-state index in [9.17, 15) is 0 Å². The lowest BCUT2D eigenvalue weighted by Gasteiger charge is -2.51. The van der Waals surface area contributed by atoms with E-state index in [2.05, 4.69) is 48.3 Å². The lowest BCUT2D eigenvalue weighted by atomic mass is 9.64. The van der Waals surface area contributed by atoms with E-state index in [1.165, 1.54) is 0 Å². The summed E-state index contributed by atoms with van der Waals surface area (Å²) in [5, 5.41) is 6.97. The lowest BCUT2D eigenvalue weighted by Crippen LogP contribution is -2.57. The fourth-order valence-corrected chi connectivity index (χ4v) is 2.88. The molecule has 0 bridgehead atoms. The molecular formula is C16H28N4O. The number of hydrogen-bond acceptors (Lipinski definition) is 5. The van der Waals surface area contributed by atoms with Gasteiger partial charge in [-0.3, -0.25) is 0 Å². The van der Waals surface area contributed by atoms with Crippen molar-refractivity contribution in [3.05, 3.63) is 11.4 Å². The van der Waals surface area contributed by atoms with Gasteiger partial charge in [-0.1, -0.05) is 20.8 Å². The zero-order chi connectivity index (χ0) is 15.6. The number of nitrogens with one attached hydrogen (secondary N) is 2. The van der Waals surface area contributed by atoms with E-state index in [4.69, 9.17) is 4.74 Å². The van der Waals surface area contributed by atoms with Crippen LogP contribution in [0.3, 0.4) is 0 Å². The van der Waals surface area contributed by atoms with Gasteiger partial charge < -0.3 is 15.4 Å². The Balaban J connectivity index is 2.15. The minimum absolute atomic E-state index is 0.122. The molecule has 1 aromatic rings. The van der Waals surface area contributed by atoms with Crippen LogP contribution in [0.25, 0.3) is 0 Å². The van der Waals surface area contributed by atoms with Crippen LogP contribution in [0.2, 0.25) is 0 Å². The molecule has 1 fully saturated rings. The zero-order valence-corrected chi connectivity index (χ0v) is 14.1. The zero-order valence-electron chi connectivity index (χ0n) is 14.1. The fraction of sp³-hybridized carbons (Fsp3) is 0.750. The van der Waals surface area contributed by atoms with Crippen molar-refractivity contribution in [1.29, 1.82) is 0 Å². The minimum atomic E-state index is 0.122. The summed E-state index contributed by atoms with van der Waals surface area (Å²) < 4.78 is 5.52. The van der Waals surface area contributed by atoms with E-state index < -0.39 is 0 Å². The Hall–Kier alpha value is -1.36. The molecule has 2 unspecified atom stereocenters. The molecule has 0 amide bonds. The van der Waals surface area contributed by atoms with Crippen molar-refractivity contribution in [1.82, 2.24) is 9.97 Å². The van der Waals surface area contributed by atoms with Crippen LogP contribution in [-0.2, 0) is 4.74 Å². The first kappa shape index (κ1) is 16.0. The molecule has 118 valence electrons. The summed E-state index contributed by atoms with van der Waals surface area (Å²) in [6, 6.07) is 0.384. The summed E-state index contributed by atoms with van der Waals surface area (Å²) in [5.74, 6) is 2.67. The molecule has 21 heavy (non-hydrogen) atoms. The number of ether oxygens (including phenoxy) is 1. The first-order valence-electron chi connectivity index (χ1n) is 7.78. The highest BCUT2D eigenvalue weighted by molar-refractivity contribution is 5.58. The summed E-state index contributed by atoms with van der Waals surface area (Å²) in [6.07, 6.45) is 2.41. The molecule has 5 heteroatoms. The maximum atomic E-state index is 5.52. The molecule has 1 aliphatic rings. The monoisotopic (exact) mass is 292 g/mol. The van der Waals surface area contributed by atoms with Crippen molar-refractivity contribution >= 4 is 11.6 Å². The van der Waals surface area contributed by atoms with Crippen LogP contribution in [0.15, 0.2) is 0 Å². The van der Waals surface area contributed by atoms with Gasteiger partial charge in [0.25, 0.3) is 0 Å². The second kappa shape index (κ2) is 6.18. The third-order valence-corrected chi connectivity index (χ3v) is 4.57. The Labute approximate surface area is 127 Å². The number of aryl methyl sites for hydroxylation is 1. The smallest absolute Gasteiger partial charge is 0.135 e. The molecule has 1 heterocycles. The van der Waals surface area contributed by atoms with Gasteiger partial charge in [0.2, 0.25) is 0 Å². The third-order valence-electron chi connectivity index (χ3n) is 4.57. The standard InChI is InChI=1S/C16H28N4O/c1-7-8-17-14-10(2)15(19-11(3)18-14)20-12-9-13(21-6)16(12,4)5/h12-13H,7-9H2,1-6H3,(H2,17,18,19,20). The van der Waals surface area contributed by atoms with Gasteiger partial charge in [0.15, 0.2) is 0 Å². The maximum Gasteiger partial charge on any atom is 0.135 e. The van der Waals surface area contributed by atoms with Crippen LogP contribution in [-0.4, -0.2) is 35.8 Å². The van der Waals surface area contributed by atoms with Gasteiger partial charge in [0, 0.05) is 30.7 Å². The van der Waals surface area contributed by atoms with E-state index in [1.807, 2.05) is 6.92 Å². The highest BCUT2D eigenvalue weighted by Crippen LogP contribution is 2.44. The first-order chi connectivity index (χ1) is 9.90. The van der Waals surface area contributed by atoms with Crippen LogP contribution in [0.5, 0.6) is 0 Å². The fourth-order valence-electron chi connectivity index (χ4n) is 2.88. The number of rotatable bonds is 6. The van der Waals surface area contributed by atoms with Crippen molar-refractivity contribution < 1.29 is 4.74 Å². The van der Waals surface area contributed by atoms with E-state index in [0.29, 0.717) is 12.1 Å². The van der Waals surface area contributed by atoms with Crippen LogP contribution < -0.4 is 10.6 Å². The average Bonchev–Trinajstić information content (AvgIpc) is 2.44. The number of aromatic nitrogens is 2. The Kier molecular flexibility index (Phi) is 4.71. The van der Waals surface area contributed by atoms with Gasteiger partial charge in [0.05, 0.1) is 6.10 Å². The molecule has 2 rings (SSSR count). The number of hydrogen-bond donors (Lipinski definition) is 2. The van der Waals surface area contributed by atoms with Gasteiger partial charge in [-0.05, 0) is 26.7 Å². The minimum Gasteiger partial charge on any atom is -0.381 e. The molecule has 1 aromatic heterocycles. The molecule has 5 nitrogen and oxygen atoms in total. The van der Waals surface area contributed by atoms with Crippen LogP contribution in [0.1, 0.15) is 45.0 Å². The van der Waals surface area contributed by atoms with Crippen LogP contribution in [0, 0.1) is 19.3 Å². The quantitative estimate of drug-likeness (QED) is 0.843. The van der Waals surface area contributed by atoms with Crippen molar-refractivity contribution in [2.45, 2.75) is 59.6 Å². The first-order valence-corrected chi connectivity index (χ1v) is 7.78. The van der Waals surface area contributed by atoms with E-state index in [0.717, 1.165) is 42.4 Å². The molecule has 0 aliphatic heterocycles. The lowest BCUT2D eigenvalue weighted by molar-refractivity contribution is -0.0795. The number of nitrogens with zero attached hydrogens (tertiary/aromatic N) is 2. The molecule has 0 spiro atoms. The second-order valence-electron chi connectivity index (χ2n) is 6.50. The van der Waals surface area contributed by atoms with Crippen LogP contribution >= 0.6 is 0 Å². The molecule has 0 saturated heterocycles. The predicted molar refractivity (Wildman–Crippen MR) is 86.9 cm³/mol. The molecule has 1 saturated carbocycles. The number of anilines is 2. The topological polar surface area (TPSA) is 59.1 Å². The summed E-state index contributed by atoms with van der Waals surface area (Å²) in [5.41, 5.74) is 1.21. The molecule has 0 radical (unpaired) electrons. The Bertz CT molecular complexity index is 501. The normalized spacial score (nSPS) is 23.5. The largest absolute Gasteiger partial charge is 0.381 e. The molecule has 2 N–H and O–H groups in total. The SMILES string of the molecule is CCCNc1nc(C)nc(NC2CC(OC)C2(C)C)c1C. The van der Waals surface area contributed by atoms with Gasteiger partial charge in [0.1, 0.15) is 17.5 Å². The average molecular weight is 292 g/mol. The van der Waals surface area contributed by atoms with Crippen molar-refractivity contribution in [3.8, 4) is 0 Å². The highest BCUT2D eigenvalue weighted by Gasteiger charge is 2.48. The third kappa shape index (κ3) is 3.12. The van der Waals surface area contributed by atoms with Crippen molar-refractivity contribution in [2.75, 3.05) is 24.3 Å². The number of methoxy groups -OCH3 is 1. The van der Waals surface area contributed by atoms with Crippen LogP contribution in [0.4, 0.5) is 11.6 Å². The summed E-state index contributed by atoms with van der Waals surface area (Å²) in [4.78, 5) is 9.08. The van der Waals surface area contributed by atoms with E-state index >= 15 is 0 Å². The summed E-state index contributed by atoms with van der Waals surface area (Å²) in [7, 11) is 1.79. The predicted octanol–water partition coefficient (Wildman–Crippen LogP) is 3.14. The summed E-state index contributed by atoms with van der Waals surface area (Å²) >= 11 is 0. The summed E-state index contributed by atoms with van der Waals surface area (Å²) in [6.45, 7) is 11.6.